The highest BCUT2D eigenvalue weighted by Crippen LogP contribution is 2.25. The normalized spacial score (nSPS) is 17.1. The summed E-state index contributed by atoms with van der Waals surface area (Å²) >= 11 is 1.82. The SMILES string of the molecule is C[C@H](CNS(=O)(=O)c1ccccc1)N1CCc2sccc2C1. The molecule has 118 valence electrons. The van der Waals surface area contributed by atoms with Gasteiger partial charge in [0.1, 0.15) is 0 Å². The number of sulfonamides is 1. The molecule has 4 nitrogen and oxygen atoms in total. The van der Waals surface area contributed by atoms with Gasteiger partial charge in [-0.15, -0.1) is 11.3 Å². The van der Waals surface area contributed by atoms with E-state index in [1.807, 2.05) is 17.4 Å². The Morgan fingerprint density at radius 3 is 2.82 bits per heavy atom. The second kappa shape index (κ2) is 6.50. The average molecular weight is 336 g/mol. The van der Waals surface area contributed by atoms with E-state index in [-0.39, 0.29) is 6.04 Å². The number of benzene rings is 1. The zero-order chi connectivity index (χ0) is 15.6. The van der Waals surface area contributed by atoms with Crippen molar-refractivity contribution in [3.63, 3.8) is 0 Å². The standard InChI is InChI=1S/C16H20N2O2S2/c1-13(18-9-7-16-14(12-18)8-10-21-16)11-17-22(19,20)15-5-3-2-4-6-15/h2-6,8,10,13,17H,7,9,11-12H2,1H3/t13-/m1/s1. The van der Waals surface area contributed by atoms with Crippen molar-refractivity contribution in [1.82, 2.24) is 9.62 Å². The molecule has 0 fully saturated rings. The third-order valence-corrected chi connectivity index (χ3v) is 6.55. The molecule has 0 aliphatic carbocycles. The Morgan fingerprint density at radius 2 is 2.05 bits per heavy atom. The van der Waals surface area contributed by atoms with E-state index in [0.717, 1.165) is 19.5 Å². The molecule has 0 radical (unpaired) electrons. The predicted molar refractivity (Wildman–Crippen MR) is 89.5 cm³/mol. The third kappa shape index (κ3) is 3.41. The molecule has 1 aromatic heterocycles. The van der Waals surface area contributed by atoms with Crippen molar-refractivity contribution in [3.8, 4) is 0 Å². The van der Waals surface area contributed by atoms with Gasteiger partial charge in [-0.05, 0) is 42.5 Å². The Labute approximate surface area is 135 Å². The molecule has 0 bridgehead atoms. The Balaban J connectivity index is 1.60. The first-order valence-corrected chi connectivity index (χ1v) is 9.76. The van der Waals surface area contributed by atoms with E-state index in [1.165, 1.54) is 10.4 Å². The summed E-state index contributed by atoms with van der Waals surface area (Å²) in [4.78, 5) is 4.12. The Kier molecular flexibility index (Phi) is 4.63. The molecule has 6 heteroatoms. The van der Waals surface area contributed by atoms with Crippen molar-refractivity contribution in [1.29, 1.82) is 0 Å². The van der Waals surface area contributed by atoms with Crippen molar-refractivity contribution in [2.75, 3.05) is 13.1 Å². The second-order valence-electron chi connectivity index (χ2n) is 5.60. The van der Waals surface area contributed by atoms with Crippen LogP contribution in [0.25, 0.3) is 0 Å². The van der Waals surface area contributed by atoms with Crippen LogP contribution in [0.15, 0.2) is 46.7 Å². The zero-order valence-electron chi connectivity index (χ0n) is 12.5. The van der Waals surface area contributed by atoms with Gasteiger partial charge >= 0.3 is 0 Å². The number of hydrogen-bond acceptors (Lipinski definition) is 4. The van der Waals surface area contributed by atoms with Crippen LogP contribution >= 0.6 is 11.3 Å². The zero-order valence-corrected chi connectivity index (χ0v) is 14.2. The molecule has 1 aliphatic rings. The summed E-state index contributed by atoms with van der Waals surface area (Å²) < 4.78 is 27.2. The molecule has 1 N–H and O–H groups in total. The molecule has 0 unspecified atom stereocenters. The summed E-state index contributed by atoms with van der Waals surface area (Å²) in [5, 5.41) is 2.14. The number of nitrogens with zero attached hydrogens (tertiary/aromatic N) is 1. The summed E-state index contributed by atoms with van der Waals surface area (Å²) in [5.41, 5.74) is 1.38. The molecule has 22 heavy (non-hydrogen) atoms. The van der Waals surface area contributed by atoms with Crippen molar-refractivity contribution >= 4 is 21.4 Å². The lowest BCUT2D eigenvalue weighted by atomic mass is 10.1. The summed E-state index contributed by atoms with van der Waals surface area (Å²) in [7, 11) is -3.42. The maximum atomic E-state index is 12.2. The minimum absolute atomic E-state index is 0.173. The lowest BCUT2D eigenvalue weighted by molar-refractivity contribution is 0.193. The van der Waals surface area contributed by atoms with Gasteiger partial charge in [0.25, 0.3) is 0 Å². The molecule has 0 amide bonds. The van der Waals surface area contributed by atoms with E-state index < -0.39 is 10.0 Å². The molecular formula is C16H20N2O2S2. The predicted octanol–water partition coefficient (Wildman–Crippen LogP) is 2.47. The van der Waals surface area contributed by atoms with Gasteiger partial charge in [-0.25, -0.2) is 13.1 Å². The van der Waals surface area contributed by atoms with E-state index in [9.17, 15) is 8.42 Å². The molecular weight excluding hydrogens is 316 g/mol. The molecule has 2 heterocycles. The van der Waals surface area contributed by atoms with Gasteiger partial charge in [0, 0.05) is 30.6 Å². The number of fused-ring (bicyclic) bond motifs is 1. The van der Waals surface area contributed by atoms with Crippen LogP contribution in [0.5, 0.6) is 0 Å². The van der Waals surface area contributed by atoms with Gasteiger partial charge in [-0.2, -0.15) is 0 Å². The minimum Gasteiger partial charge on any atom is -0.295 e. The number of nitrogens with one attached hydrogen (secondary N) is 1. The van der Waals surface area contributed by atoms with Gasteiger partial charge < -0.3 is 0 Å². The van der Waals surface area contributed by atoms with E-state index in [0.29, 0.717) is 11.4 Å². The van der Waals surface area contributed by atoms with Crippen molar-refractivity contribution < 1.29 is 8.42 Å². The number of hydrogen-bond donors (Lipinski definition) is 1. The van der Waals surface area contributed by atoms with Gasteiger partial charge in [0.15, 0.2) is 0 Å². The first-order valence-electron chi connectivity index (χ1n) is 7.40. The van der Waals surface area contributed by atoms with E-state index in [2.05, 4.69) is 28.0 Å². The van der Waals surface area contributed by atoms with Crippen LogP contribution in [0.1, 0.15) is 17.4 Å². The highest BCUT2D eigenvalue weighted by molar-refractivity contribution is 7.89. The van der Waals surface area contributed by atoms with Crippen LogP contribution in [-0.4, -0.2) is 32.4 Å². The summed E-state index contributed by atoms with van der Waals surface area (Å²) in [6.07, 6.45) is 1.06. The second-order valence-corrected chi connectivity index (χ2v) is 8.37. The molecule has 3 rings (SSSR count). The average Bonchev–Trinajstić information content (AvgIpc) is 3.01. The van der Waals surface area contributed by atoms with Crippen molar-refractivity contribution in [2.45, 2.75) is 30.8 Å². The summed E-state index contributed by atoms with van der Waals surface area (Å²) in [6, 6.07) is 10.9. The van der Waals surface area contributed by atoms with Crippen LogP contribution < -0.4 is 4.72 Å². The topological polar surface area (TPSA) is 49.4 Å². The highest BCUT2D eigenvalue weighted by Gasteiger charge is 2.23. The first kappa shape index (κ1) is 15.7. The lowest BCUT2D eigenvalue weighted by Crippen LogP contribution is -2.44. The summed E-state index contributed by atoms with van der Waals surface area (Å²) in [6.45, 7) is 4.40. The number of thiophene rings is 1. The van der Waals surface area contributed by atoms with E-state index >= 15 is 0 Å². The maximum Gasteiger partial charge on any atom is 0.240 e. The van der Waals surface area contributed by atoms with E-state index in [4.69, 9.17) is 0 Å². The van der Waals surface area contributed by atoms with Gasteiger partial charge in [-0.3, -0.25) is 4.90 Å². The Bertz CT molecular complexity index is 726. The fourth-order valence-electron chi connectivity index (χ4n) is 2.69. The molecule has 0 saturated heterocycles. The van der Waals surface area contributed by atoms with E-state index in [1.54, 1.807) is 24.3 Å². The fraction of sp³-hybridized carbons (Fsp3) is 0.375. The monoisotopic (exact) mass is 336 g/mol. The van der Waals surface area contributed by atoms with Crippen LogP contribution in [-0.2, 0) is 23.0 Å². The minimum atomic E-state index is -3.42. The van der Waals surface area contributed by atoms with Crippen LogP contribution in [0.2, 0.25) is 0 Å². The Morgan fingerprint density at radius 1 is 1.27 bits per heavy atom. The molecule has 0 saturated carbocycles. The van der Waals surface area contributed by atoms with Gasteiger partial charge in [-0.1, -0.05) is 18.2 Å². The van der Waals surface area contributed by atoms with Crippen LogP contribution in [0.4, 0.5) is 0 Å². The van der Waals surface area contributed by atoms with Gasteiger partial charge in [0.05, 0.1) is 4.90 Å². The van der Waals surface area contributed by atoms with Gasteiger partial charge in [0.2, 0.25) is 10.0 Å². The molecule has 1 atom stereocenters. The quantitative estimate of drug-likeness (QED) is 0.912. The molecule has 1 aliphatic heterocycles. The Hall–Kier alpha value is -1.21. The highest BCUT2D eigenvalue weighted by atomic mass is 32.2. The third-order valence-electron chi connectivity index (χ3n) is 4.08. The molecule has 2 aromatic rings. The van der Waals surface area contributed by atoms with Crippen LogP contribution in [0.3, 0.4) is 0 Å². The number of rotatable bonds is 5. The first-order chi connectivity index (χ1) is 10.6. The smallest absolute Gasteiger partial charge is 0.240 e. The largest absolute Gasteiger partial charge is 0.295 e. The van der Waals surface area contributed by atoms with Crippen molar-refractivity contribution in [2.24, 2.45) is 0 Å². The van der Waals surface area contributed by atoms with Crippen LogP contribution in [0, 0.1) is 0 Å². The summed E-state index contributed by atoms with van der Waals surface area (Å²) in [5.74, 6) is 0. The fourth-order valence-corrected chi connectivity index (χ4v) is 4.72. The molecule has 0 spiro atoms. The maximum absolute atomic E-state index is 12.2. The lowest BCUT2D eigenvalue weighted by Gasteiger charge is -2.32. The van der Waals surface area contributed by atoms with Crippen molar-refractivity contribution in [3.05, 3.63) is 52.2 Å². The molecule has 1 aromatic carbocycles.